The zero-order valence-corrected chi connectivity index (χ0v) is 19.4. The van der Waals surface area contributed by atoms with E-state index in [4.69, 9.17) is 4.74 Å². The van der Waals surface area contributed by atoms with Crippen molar-refractivity contribution in [3.05, 3.63) is 41.7 Å². The number of nitrogens with one attached hydrogen (secondary N) is 1. The second-order valence-electron chi connectivity index (χ2n) is 8.47. The molecule has 0 spiro atoms. The molecule has 4 rings (SSSR count). The zero-order chi connectivity index (χ0) is 22.3. The van der Waals surface area contributed by atoms with Gasteiger partial charge >= 0.3 is 0 Å². The molecule has 8 heteroatoms. The second-order valence-corrected chi connectivity index (χ2v) is 9.78. The lowest BCUT2D eigenvalue weighted by Gasteiger charge is -2.17. The summed E-state index contributed by atoms with van der Waals surface area (Å²) < 4.78 is 21.2. The van der Waals surface area contributed by atoms with E-state index in [2.05, 4.69) is 21.6 Å². The van der Waals surface area contributed by atoms with Crippen molar-refractivity contribution < 1.29 is 13.9 Å². The number of thioether (sulfide) groups is 1. The summed E-state index contributed by atoms with van der Waals surface area (Å²) in [7, 11) is 0. The molecule has 2 aromatic rings. The third-order valence-corrected chi connectivity index (χ3v) is 7.09. The van der Waals surface area contributed by atoms with Gasteiger partial charge in [-0.2, -0.15) is 0 Å². The Morgan fingerprint density at radius 3 is 2.84 bits per heavy atom. The van der Waals surface area contributed by atoms with Crippen LogP contribution < -0.4 is 5.32 Å². The summed E-state index contributed by atoms with van der Waals surface area (Å²) in [6.07, 6.45) is 10.2. The molecule has 1 fully saturated rings. The van der Waals surface area contributed by atoms with Gasteiger partial charge in [0.05, 0.1) is 17.9 Å². The molecule has 6 nitrogen and oxygen atoms in total. The van der Waals surface area contributed by atoms with Gasteiger partial charge in [0, 0.05) is 18.7 Å². The number of carbonyl (C=O) groups is 1. The molecule has 1 amide bonds. The summed E-state index contributed by atoms with van der Waals surface area (Å²) in [4.78, 5) is 12.7. The summed E-state index contributed by atoms with van der Waals surface area (Å²) >= 11 is 1.40. The number of nitrogens with zero attached hydrogens (tertiary/aromatic N) is 3. The molecule has 0 radical (unpaired) electrons. The predicted octanol–water partition coefficient (Wildman–Crippen LogP) is 4.75. The van der Waals surface area contributed by atoms with Crippen LogP contribution in [-0.4, -0.2) is 45.2 Å². The highest BCUT2D eigenvalue weighted by atomic mass is 32.2. The first-order valence-electron chi connectivity index (χ1n) is 11.5. The fourth-order valence-corrected chi connectivity index (χ4v) is 5.06. The van der Waals surface area contributed by atoms with E-state index in [9.17, 15) is 9.18 Å². The maximum absolute atomic E-state index is 13.4. The van der Waals surface area contributed by atoms with E-state index in [-0.39, 0.29) is 23.1 Å². The molecule has 172 valence electrons. The van der Waals surface area contributed by atoms with Gasteiger partial charge in [0.1, 0.15) is 5.82 Å². The molecule has 2 unspecified atom stereocenters. The summed E-state index contributed by atoms with van der Waals surface area (Å²) in [6, 6.07) is 6.25. The molecule has 1 aromatic heterocycles. The first-order chi connectivity index (χ1) is 15.6. The number of allylic oxidation sites excluding steroid dienone is 1. The first kappa shape index (κ1) is 23.0. The third-order valence-electron chi connectivity index (χ3n) is 6.01. The van der Waals surface area contributed by atoms with Gasteiger partial charge in [0.25, 0.3) is 0 Å². The van der Waals surface area contributed by atoms with Gasteiger partial charge < -0.3 is 10.1 Å². The number of hydrogen-bond donors (Lipinski definition) is 1. The minimum Gasteiger partial charge on any atom is -0.376 e. The minimum atomic E-state index is -0.302. The Balaban J connectivity index is 1.42. The zero-order valence-electron chi connectivity index (χ0n) is 18.6. The van der Waals surface area contributed by atoms with Crippen LogP contribution in [0, 0.1) is 5.82 Å². The van der Waals surface area contributed by atoms with Crippen molar-refractivity contribution in [1.29, 1.82) is 0 Å². The van der Waals surface area contributed by atoms with E-state index in [0.717, 1.165) is 44.3 Å². The summed E-state index contributed by atoms with van der Waals surface area (Å²) in [6.45, 7) is 3.93. The molecule has 0 saturated carbocycles. The van der Waals surface area contributed by atoms with Crippen LogP contribution in [0.4, 0.5) is 4.39 Å². The third kappa shape index (κ3) is 5.98. The molecule has 1 saturated heterocycles. The summed E-state index contributed by atoms with van der Waals surface area (Å²) in [5.41, 5.74) is 2.25. The lowest BCUT2D eigenvalue weighted by Crippen LogP contribution is -2.32. The van der Waals surface area contributed by atoms with Crippen molar-refractivity contribution in [1.82, 2.24) is 20.1 Å². The number of carbonyl (C=O) groups excluding carboxylic acids is 1. The number of amides is 1. The maximum Gasteiger partial charge on any atom is 0.233 e. The molecule has 32 heavy (non-hydrogen) atoms. The smallest absolute Gasteiger partial charge is 0.233 e. The highest BCUT2D eigenvalue weighted by Crippen LogP contribution is 2.29. The summed E-state index contributed by atoms with van der Waals surface area (Å²) in [5, 5.41) is 12.2. The number of hydrogen-bond acceptors (Lipinski definition) is 5. The average molecular weight is 459 g/mol. The van der Waals surface area contributed by atoms with Gasteiger partial charge in [0.2, 0.25) is 5.91 Å². The van der Waals surface area contributed by atoms with Gasteiger partial charge in [-0.15, -0.1) is 10.2 Å². The number of halogens is 1. The van der Waals surface area contributed by atoms with Crippen molar-refractivity contribution in [3.63, 3.8) is 0 Å². The molecular formula is C24H31FN4O2S. The van der Waals surface area contributed by atoms with Crippen molar-refractivity contribution in [2.75, 3.05) is 13.2 Å². The SMILES string of the molecule is CC(Sc1nnc(-c2ccc(F)cc2)n1CC1CCCO1)C(=O)NCCC1=CCCCC1. The Kier molecular flexibility index (Phi) is 7.97. The van der Waals surface area contributed by atoms with Crippen molar-refractivity contribution in [2.45, 2.75) is 74.9 Å². The highest BCUT2D eigenvalue weighted by molar-refractivity contribution is 8.00. The van der Waals surface area contributed by atoms with E-state index < -0.39 is 0 Å². The second kappa shape index (κ2) is 11.1. The van der Waals surface area contributed by atoms with Crippen molar-refractivity contribution >= 4 is 17.7 Å². The van der Waals surface area contributed by atoms with Gasteiger partial charge in [-0.3, -0.25) is 9.36 Å². The topological polar surface area (TPSA) is 69.0 Å². The minimum absolute atomic E-state index is 0.00130. The van der Waals surface area contributed by atoms with Crippen LogP contribution in [0.2, 0.25) is 0 Å². The lowest BCUT2D eigenvalue weighted by atomic mass is 9.97. The Morgan fingerprint density at radius 1 is 1.28 bits per heavy atom. The van der Waals surface area contributed by atoms with E-state index in [0.29, 0.717) is 24.1 Å². The van der Waals surface area contributed by atoms with Crippen LogP contribution in [0.15, 0.2) is 41.1 Å². The molecule has 1 N–H and O–H groups in total. The average Bonchev–Trinajstić information content (AvgIpc) is 3.46. The highest BCUT2D eigenvalue weighted by Gasteiger charge is 2.24. The standard InChI is InChI=1S/C24H31FN4O2S/c1-17(23(30)26-14-13-18-6-3-2-4-7-18)32-24-28-27-22(19-9-11-20(25)12-10-19)29(24)16-21-8-5-15-31-21/h6,9-12,17,21H,2-5,7-8,13-16H2,1H3,(H,26,30). The van der Waals surface area contributed by atoms with Crippen LogP contribution in [0.1, 0.15) is 51.9 Å². The van der Waals surface area contributed by atoms with Crippen LogP contribution in [-0.2, 0) is 16.1 Å². The molecule has 2 atom stereocenters. The number of aromatic nitrogens is 3. The monoisotopic (exact) mass is 458 g/mol. The van der Waals surface area contributed by atoms with E-state index in [1.165, 1.54) is 42.3 Å². The Hall–Kier alpha value is -2.19. The molecule has 1 aliphatic carbocycles. The fourth-order valence-electron chi connectivity index (χ4n) is 4.18. The van der Waals surface area contributed by atoms with E-state index >= 15 is 0 Å². The Labute approximate surface area is 193 Å². The fraction of sp³-hybridized carbons (Fsp3) is 0.542. The molecule has 1 aromatic carbocycles. The molecule has 0 bridgehead atoms. The number of benzene rings is 1. The van der Waals surface area contributed by atoms with E-state index in [1.54, 1.807) is 12.1 Å². The molecule has 1 aliphatic heterocycles. The lowest BCUT2D eigenvalue weighted by molar-refractivity contribution is -0.120. The van der Waals surface area contributed by atoms with E-state index in [1.807, 2.05) is 11.5 Å². The van der Waals surface area contributed by atoms with Crippen LogP contribution in [0.5, 0.6) is 0 Å². The predicted molar refractivity (Wildman–Crippen MR) is 124 cm³/mol. The van der Waals surface area contributed by atoms with Crippen LogP contribution >= 0.6 is 11.8 Å². The number of ether oxygens (including phenoxy) is 1. The summed E-state index contributed by atoms with van der Waals surface area (Å²) in [5.74, 6) is 0.379. The van der Waals surface area contributed by atoms with Gasteiger partial charge in [-0.1, -0.05) is 23.4 Å². The Morgan fingerprint density at radius 2 is 2.12 bits per heavy atom. The van der Waals surface area contributed by atoms with Crippen LogP contribution in [0.25, 0.3) is 11.4 Å². The molecular weight excluding hydrogens is 427 g/mol. The van der Waals surface area contributed by atoms with Crippen molar-refractivity contribution in [2.24, 2.45) is 0 Å². The molecule has 2 heterocycles. The maximum atomic E-state index is 13.4. The quantitative estimate of drug-likeness (QED) is 0.434. The Bertz CT molecular complexity index is 938. The number of rotatable bonds is 9. The van der Waals surface area contributed by atoms with Crippen molar-refractivity contribution in [3.8, 4) is 11.4 Å². The molecule has 2 aliphatic rings. The largest absolute Gasteiger partial charge is 0.376 e. The van der Waals surface area contributed by atoms with Gasteiger partial charge in [-0.05, 0) is 76.1 Å². The normalized spacial score (nSPS) is 19.6. The van der Waals surface area contributed by atoms with Gasteiger partial charge in [-0.25, -0.2) is 4.39 Å². The van der Waals surface area contributed by atoms with Gasteiger partial charge in [0.15, 0.2) is 11.0 Å². The van der Waals surface area contributed by atoms with Crippen LogP contribution in [0.3, 0.4) is 0 Å². The first-order valence-corrected chi connectivity index (χ1v) is 12.4.